The summed E-state index contributed by atoms with van der Waals surface area (Å²) in [6.45, 7) is 3.75. The van der Waals surface area contributed by atoms with Gasteiger partial charge in [-0.3, -0.25) is 0 Å². The van der Waals surface area contributed by atoms with E-state index in [9.17, 15) is 0 Å². The summed E-state index contributed by atoms with van der Waals surface area (Å²) in [5, 5.41) is 17.7. The fourth-order valence-electron chi connectivity index (χ4n) is 2.99. The van der Waals surface area contributed by atoms with E-state index in [2.05, 4.69) is 4.90 Å². The van der Waals surface area contributed by atoms with E-state index >= 15 is 0 Å². The predicted octanol–water partition coefficient (Wildman–Crippen LogP) is 0.0731. The average Bonchev–Trinajstić information content (AvgIpc) is 2.46. The number of likely N-dealkylation sites (tertiary alicyclic amines) is 1. The minimum Gasteiger partial charge on any atom is -0.396 e. The number of β-amino-alcohol motifs (C(OH)–C–C–N with tert-alkyl or cyclic N) is 1. The Labute approximate surface area is 79.4 Å². The van der Waals surface area contributed by atoms with E-state index in [1.165, 1.54) is 19.3 Å². The minimum absolute atomic E-state index is 0.277. The maximum atomic E-state index is 8.95. The van der Waals surface area contributed by atoms with E-state index in [0.717, 1.165) is 19.6 Å². The second-order valence-electron chi connectivity index (χ2n) is 4.71. The van der Waals surface area contributed by atoms with Gasteiger partial charge in [-0.15, -0.1) is 0 Å². The molecule has 0 aromatic heterocycles. The lowest BCUT2D eigenvalue weighted by molar-refractivity contribution is 0.0229. The van der Waals surface area contributed by atoms with Gasteiger partial charge in [0.25, 0.3) is 0 Å². The average molecular weight is 185 g/mol. The van der Waals surface area contributed by atoms with Gasteiger partial charge < -0.3 is 15.1 Å². The molecule has 2 aliphatic rings. The van der Waals surface area contributed by atoms with Crippen LogP contribution >= 0.6 is 0 Å². The van der Waals surface area contributed by atoms with Crippen LogP contribution in [-0.2, 0) is 0 Å². The summed E-state index contributed by atoms with van der Waals surface area (Å²) in [6.07, 6.45) is 3.67. The van der Waals surface area contributed by atoms with Crippen LogP contribution < -0.4 is 0 Å². The molecule has 1 aliphatic heterocycles. The SMILES string of the molecule is OCCN1CCC2(CC(CO)C2)C1. The van der Waals surface area contributed by atoms with E-state index in [0.29, 0.717) is 17.9 Å². The molecule has 76 valence electrons. The first-order chi connectivity index (χ1) is 6.28. The number of rotatable bonds is 3. The van der Waals surface area contributed by atoms with Gasteiger partial charge in [-0.05, 0) is 37.1 Å². The van der Waals surface area contributed by atoms with Crippen molar-refractivity contribution in [3.8, 4) is 0 Å². The minimum atomic E-state index is 0.277. The van der Waals surface area contributed by atoms with Crippen LogP contribution in [0, 0.1) is 11.3 Å². The molecule has 0 bridgehead atoms. The van der Waals surface area contributed by atoms with Crippen molar-refractivity contribution < 1.29 is 10.2 Å². The van der Waals surface area contributed by atoms with Crippen molar-refractivity contribution >= 4 is 0 Å². The lowest BCUT2D eigenvalue weighted by Crippen LogP contribution is -2.41. The number of aliphatic hydroxyl groups excluding tert-OH is 2. The Hall–Kier alpha value is -0.120. The molecule has 2 N–H and O–H groups in total. The van der Waals surface area contributed by atoms with E-state index in [4.69, 9.17) is 10.2 Å². The number of hydrogen-bond donors (Lipinski definition) is 2. The van der Waals surface area contributed by atoms with Gasteiger partial charge in [0, 0.05) is 19.7 Å². The summed E-state index contributed by atoms with van der Waals surface area (Å²) in [7, 11) is 0. The number of hydrogen-bond acceptors (Lipinski definition) is 3. The zero-order valence-electron chi connectivity index (χ0n) is 8.08. The van der Waals surface area contributed by atoms with Crippen LogP contribution in [0.25, 0.3) is 0 Å². The van der Waals surface area contributed by atoms with Crippen LogP contribution in [0.15, 0.2) is 0 Å². The Bertz CT molecular complexity index is 178. The van der Waals surface area contributed by atoms with Crippen molar-refractivity contribution in [2.45, 2.75) is 19.3 Å². The molecular formula is C10H19NO2. The molecule has 13 heavy (non-hydrogen) atoms. The van der Waals surface area contributed by atoms with E-state index in [1.807, 2.05) is 0 Å². The molecule has 1 aliphatic carbocycles. The van der Waals surface area contributed by atoms with E-state index in [1.54, 1.807) is 0 Å². The van der Waals surface area contributed by atoms with Crippen molar-refractivity contribution in [2.24, 2.45) is 11.3 Å². The van der Waals surface area contributed by atoms with Crippen molar-refractivity contribution in [1.82, 2.24) is 4.90 Å². The monoisotopic (exact) mass is 185 g/mol. The summed E-state index contributed by atoms with van der Waals surface area (Å²) >= 11 is 0. The molecule has 0 unspecified atom stereocenters. The Morgan fingerprint density at radius 1 is 1.31 bits per heavy atom. The lowest BCUT2D eigenvalue weighted by atomic mass is 9.62. The van der Waals surface area contributed by atoms with Crippen LogP contribution in [0.4, 0.5) is 0 Å². The number of aliphatic hydroxyl groups is 2. The lowest BCUT2D eigenvalue weighted by Gasteiger charge is -2.44. The zero-order chi connectivity index (χ0) is 9.31. The third-order valence-electron chi connectivity index (χ3n) is 3.64. The molecule has 2 rings (SSSR count). The molecule has 0 aromatic rings. The van der Waals surface area contributed by atoms with Gasteiger partial charge in [-0.1, -0.05) is 0 Å². The summed E-state index contributed by atoms with van der Waals surface area (Å²) in [5.41, 5.74) is 0.516. The molecule has 2 fully saturated rings. The molecule has 0 amide bonds. The first-order valence-electron chi connectivity index (χ1n) is 5.22. The Balaban J connectivity index is 1.79. The highest BCUT2D eigenvalue weighted by Gasteiger charge is 2.47. The molecule has 1 saturated heterocycles. The van der Waals surface area contributed by atoms with Crippen molar-refractivity contribution in [3.05, 3.63) is 0 Å². The molecule has 1 heterocycles. The highest BCUT2D eigenvalue weighted by molar-refractivity contribution is 4.99. The first kappa shape index (κ1) is 9.44. The second-order valence-corrected chi connectivity index (χ2v) is 4.71. The Morgan fingerprint density at radius 2 is 2.08 bits per heavy atom. The van der Waals surface area contributed by atoms with Crippen molar-refractivity contribution in [1.29, 1.82) is 0 Å². The molecule has 0 radical (unpaired) electrons. The summed E-state index contributed by atoms with van der Waals surface area (Å²) < 4.78 is 0. The van der Waals surface area contributed by atoms with Crippen LogP contribution in [0.2, 0.25) is 0 Å². The molecule has 3 nitrogen and oxygen atoms in total. The number of nitrogens with zero attached hydrogens (tertiary/aromatic N) is 1. The highest BCUT2D eigenvalue weighted by atomic mass is 16.3. The summed E-state index contributed by atoms with van der Waals surface area (Å²) in [6, 6.07) is 0. The van der Waals surface area contributed by atoms with Gasteiger partial charge in [0.15, 0.2) is 0 Å². The van der Waals surface area contributed by atoms with Gasteiger partial charge in [0.1, 0.15) is 0 Å². The van der Waals surface area contributed by atoms with Gasteiger partial charge in [-0.25, -0.2) is 0 Å². The third kappa shape index (κ3) is 1.73. The summed E-state index contributed by atoms with van der Waals surface area (Å²) in [4.78, 5) is 2.34. The second kappa shape index (κ2) is 3.56. The quantitative estimate of drug-likeness (QED) is 0.654. The van der Waals surface area contributed by atoms with Crippen molar-refractivity contribution in [3.63, 3.8) is 0 Å². The maximum Gasteiger partial charge on any atom is 0.0558 e. The Kier molecular flexibility index (Phi) is 2.58. The fraction of sp³-hybridized carbons (Fsp3) is 1.00. The van der Waals surface area contributed by atoms with Gasteiger partial charge in [0.2, 0.25) is 0 Å². The molecule has 0 aromatic carbocycles. The largest absolute Gasteiger partial charge is 0.396 e. The molecule has 0 atom stereocenters. The van der Waals surface area contributed by atoms with Crippen LogP contribution in [0.3, 0.4) is 0 Å². The zero-order valence-corrected chi connectivity index (χ0v) is 8.08. The molecular weight excluding hydrogens is 166 g/mol. The van der Waals surface area contributed by atoms with Gasteiger partial charge >= 0.3 is 0 Å². The van der Waals surface area contributed by atoms with Crippen LogP contribution in [-0.4, -0.2) is 48.0 Å². The standard InChI is InChI=1S/C10H19NO2/c12-4-3-11-2-1-10(8-11)5-9(6-10)7-13/h9,12-13H,1-8H2. The predicted molar refractivity (Wildman–Crippen MR) is 50.4 cm³/mol. The third-order valence-corrected chi connectivity index (χ3v) is 3.64. The normalized spacial score (nSPS) is 39.7. The Morgan fingerprint density at radius 3 is 2.69 bits per heavy atom. The highest BCUT2D eigenvalue weighted by Crippen LogP contribution is 2.51. The smallest absolute Gasteiger partial charge is 0.0558 e. The maximum absolute atomic E-state index is 8.95. The summed E-state index contributed by atoms with van der Waals surface area (Å²) in [5.74, 6) is 0.564. The van der Waals surface area contributed by atoms with Crippen LogP contribution in [0.1, 0.15) is 19.3 Å². The topological polar surface area (TPSA) is 43.7 Å². The molecule has 1 spiro atoms. The van der Waals surface area contributed by atoms with Crippen LogP contribution in [0.5, 0.6) is 0 Å². The first-order valence-corrected chi connectivity index (χ1v) is 5.22. The van der Waals surface area contributed by atoms with Gasteiger partial charge in [0.05, 0.1) is 6.61 Å². The van der Waals surface area contributed by atoms with E-state index < -0.39 is 0 Å². The van der Waals surface area contributed by atoms with Gasteiger partial charge in [-0.2, -0.15) is 0 Å². The fourth-order valence-corrected chi connectivity index (χ4v) is 2.99. The molecule has 3 heteroatoms. The van der Waals surface area contributed by atoms with E-state index in [-0.39, 0.29) is 6.61 Å². The molecule has 1 saturated carbocycles. The van der Waals surface area contributed by atoms with Crippen molar-refractivity contribution in [2.75, 3.05) is 32.8 Å².